The van der Waals surface area contributed by atoms with Crippen molar-refractivity contribution >= 4 is 0 Å². The second-order valence-corrected chi connectivity index (χ2v) is 4.32. The van der Waals surface area contributed by atoms with Gasteiger partial charge in [-0.25, -0.2) is 0 Å². The second kappa shape index (κ2) is 3.73. The van der Waals surface area contributed by atoms with Gasteiger partial charge in [-0.3, -0.25) is 4.70 Å². The summed E-state index contributed by atoms with van der Waals surface area (Å²) in [4.78, 5) is 2.55. The van der Waals surface area contributed by atoms with Crippen LogP contribution in [0.3, 0.4) is 0 Å². The van der Waals surface area contributed by atoms with E-state index in [1.54, 1.807) is 0 Å². The van der Waals surface area contributed by atoms with Crippen molar-refractivity contribution < 1.29 is 4.70 Å². The van der Waals surface area contributed by atoms with E-state index in [-0.39, 0.29) is 4.70 Å². The molecule has 2 saturated carbocycles. The Balaban J connectivity index is 0.000000720. The molecule has 3 unspecified atom stereocenters. The molecule has 2 bridgehead atoms. The third kappa shape index (κ3) is 1.49. The molecular formula is C10H20FN. The van der Waals surface area contributed by atoms with Crippen LogP contribution >= 0.6 is 0 Å². The van der Waals surface area contributed by atoms with Crippen molar-refractivity contribution in [2.75, 3.05) is 13.6 Å². The number of rotatable bonds is 2. The largest absolute Gasteiger partial charge is 0.303 e. The van der Waals surface area contributed by atoms with Crippen LogP contribution in [0.25, 0.3) is 0 Å². The van der Waals surface area contributed by atoms with Crippen LogP contribution in [0.15, 0.2) is 0 Å². The molecule has 0 N–H and O–H groups in total. The molecule has 12 heavy (non-hydrogen) atoms. The summed E-state index contributed by atoms with van der Waals surface area (Å²) in [6, 6.07) is 0.943. The van der Waals surface area contributed by atoms with Gasteiger partial charge in [0.1, 0.15) is 0 Å². The van der Waals surface area contributed by atoms with Crippen molar-refractivity contribution in [3.05, 3.63) is 0 Å². The summed E-state index contributed by atoms with van der Waals surface area (Å²) < 4.78 is 0. The zero-order valence-electron chi connectivity index (χ0n) is 8.12. The lowest BCUT2D eigenvalue weighted by Gasteiger charge is -2.30. The Labute approximate surface area is 74.5 Å². The lowest BCUT2D eigenvalue weighted by atomic mass is 9.94. The fourth-order valence-electron chi connectivity index (χ4n) is 2.99. The molecule has 0 spiro atoms. The van der Waals surface area contributed by atoms with Crippen LogP contribution < -0.4 is 0 Å². The summed E-state index contributed by atoms with van der Waals surface area (Å²) >= 11 is 0. The average molecular weight is 173 g/mol. The Morgan fingerprint density at radius 1 is 1.25 bits per heavy atom. The first-order valence-corrected chi connectivity index (χ1v) is 5.01. The van der Waals surface area contributed by atoms with Crippen LogP contribution in [0.2, 0.25) is 0 Å². The summed E-state index contributed by atoms with van der Waals surface area (Å²) in [6.45, 7) is 3.50. The molecule has 0 aromatic rings. The van der Waals surface area contributed by atoms with Crippen molar-refractivity contribution in [1.29, 1.82) is 0 Å². The fourth-order valence-corrected chi connectivity index (χ4v) is 2.99. The predicted octanol–water partition coefficient (Wildman–Crippen LogP) is 2.28. The molecule has 2 heteroatoms. The first-order valence-electron chi connectivity index (χ1n) is 5.01. The van der Waals surface area contributed by atoms with Crippen molar-refractivity contribution in [2.45, 2.75) is 38.6 Å². The van der Waals surface area contributed by atoms with E-state index in [0.29, 0.717) is 0 Å². The zero-order chi connectivity index (χ0) is 7.84. The monoisotopic (exact) mass is 173 g/mol. The highest BCUT2D eigenvalue weighted by Gasteiger charge is 2.40. The molecule has 2 rings (SSSR count). The summed E-state index contributed by atoms with van der Waals surface area (Å²) in [7, 11) is 2.28. The second-order valence-electron chi connectivity index (χ2n) is 4.32. The molecule has 2 fully saturated rings. The van der Waals surface area contributed by atoms with E-state index < -0.39 is 0 Å². The Bertz CT molecular complexity index is 149. The van der Waals surface area contributed by atoms with Crippen molar-refractivity contribution in [1.82, 2.24) is 4.90 Å². The fraction of sp³-hybridized carbons (Fsp3) is 1.00. The van der Waals surface area contributed by atoms with Crippen molar-refractivity contribution in [2.24, 2.45) is 11.8 Å². The SMILES string of the molecule is CCN(C)C1CC2CCC1C2.F. The number of hydrogen-bond acceptors (Lipinski definition) is 1. The maximum absolute atomic E-state index is 2.55. The molecule has 72 valence electrons. The van der Waals surface area contributed by atoms with Crippen LogP contribution in [-0.2, 0) is 0 Å². The van der Waals surface area contributed by atoms with Gasteiger partial charge in [0, 0.05) is 6.04 Å². The highest BCUT2D eigenvalue weighted by Crippen LogP contribution is 2.46. The van der Waals surface area contributed by atoms with E-state index in [0.717, 1.165) is 17.9 Å². The van der Waals surface area contributed by atoms with Gasteiger partial charge in [0.05, 0.1) is 0 Å². The van der Waals surface area contributed by atoms with Crippen LogP contribution in [0.4, 0.5) is 4.70 Å². The number of nitrogens with zero attached hydrogens (tertiary/aromatic N) is 1. The quantitative estimate of drug-likeness (QED) is 0.619. The highest BCUT2D eigenvalue weighted by atomic mass is 19.0. The molecule has 0 amide bonds. The van der Waals surface area contributed by atoms with E-state index in [2.05, 4.69) is 18.9 Å². The van der Waals surface area contributed by atoms with Gasteiger partial charge in [-0.05, 0) is 44.7 Å². The van der Waals surface area contributed by atoms with E-state index in [4.69, 9.17) is 0 Å². The van der Waals surface area contributed by atoms with Gasteiger partial charge in [-0.1, -0.05) is 13.3 Å². The van der Waals surface area contributed by atoms with Crippen molar-refractivity contribution in [3.8, 4) is 0 Å². The predicted molar refractivity (Wildman–Crippen MR) is 50.0 cm³/mol. The highest BCUT2D eigenvalue weighted by molar-refractivity contribution is 4.94. The summed E-state index contributed by atoms with van der Waals surface area (Å²) in [5, 5.41) is 0. The standard InChI is InChI=1S/C10H19N.FH/c1-3-11(2)10-7-8-4-5-9(10)6-8;/h8-10H,3-7H2,1-2H3;1H. The van der Waals surface area contributed by atoms with Crippen LogP contribution in [0.1, 0.15) is 32.6 Å². The lowest BCUT2D eigenvalue weighted by molar-refractivity contribution is 0.184. The Morgan fingerprint density at radius 2 is 2.00 bits per heavy atom. The molecule has 0 saturated heterocycles. The maximum Gasteiger partial charge on any atom is 0.0123 e. The topological polar surface area (TPSA) is 3.24 Å². The van der Waals surface area contributed by atoms with Gasteiger partial charge >= 0.3 is 0 Å². The first-order chi connectivity index (χ1) is 5.31. The van der Waals surface area contributed by atoms with Gasteiger partial charge in [0.2, 0.25) is 0 Å². The smallest absolute Gasteiger partial charge is 0.0123 e. The molecule has 2 aliphatic carbocycles. The maximum atomic E-state index is 2.55. The number of hydrogen-bond donors (Lipinski definition) is 0. The third-order valence-corrected chi connectivity index (χ3v) is 3.77. The summed E-state index contributed by atoms with van der Waals surface area (Å²) in [5.74, 6) is 2.16. The minimum atomic E-state index is 0. The van der Waals surface area contributed by atoms with Gasteiger partial charge in [-0.15, -0.1) is 0 Å². The summed E-state index contributed by atoms with van der Waals surface area (Å²) in [6.07, 6.45) is 6.07. The normalized spacial score (nSPS) is 38.8. The zero-order valence-corrected chi connectivity index (χ0v) is 8.12. The van der Waals surface area contributed by atoms with E-state index >= 15 is 0 Å². The van der Waals surface area contributed by atoms with E-state index in [1.807, 2.05) is 0 Å². The Kier molecular flexibility index (Phi) is 3.10. The lowest BCUT2D eigenvalue weighted by Crippen LogP contribution is -2.35. The molecule has 2 aliphatic rings. The molecule has 0 heterocycles. The van der Waals surface area contributed by atoms with E-state index in [1.165, 1.54) is 32.2 Å². The van der Waals surface area contributed by atoms with Crippen LogP contribution in [0.5, 0.6) is 0 Å². The minimum Gasteiger partial charge on any atom is -0.303 e. The minimum absolute atomic E-state index is 0. The van der Waals surface area contributed by atoms with Gasteiger partial charge in [0.25, 0.3) is 0 Å². The molecule has 3 atom stereocenters. The van der Waals surface area contributed by atoms with E-state index in [9.17, 15) is 0 Å². The first kappa shape index (κ1) is 9.97. The number of halogens is 1. The van der Waals surface area contributed by atoms with Gasteiger partial charge < -0.3 is 4.90 Å². The third-order valence-electron chi connectivity index (χ3n) is 3.77. The molecular weight excluding hydrogens is 153 g/mol. The summed E-state index contributed by atoms with van der Waals surface area (Å²) in [5.41, 5.74) is 0. The Hall–Kier alpha value is -0.110. The Morgan fingerprint density at radius 3 is 2.42 bits per heavy atom. The molecule has 0 aromatic heterocycles. The van der Waals surface area contributed by atoms with Gasteiger partial charge in [-0.2, -0.15) is 0 Å². The molecule has 1 nitrogen and oxygen atoms in total. The number of fused-ring (bicyclic) bond motifs is 2. The van der Waals surface area contributed by atoms with Crippen molar-refractivity contribution in [3.63, 3.8) is 0 Å². The van der Waals surface area contributed by atoms with Crippen LogP contribution in [-0.4, -0.2) is 24.5 Å². The van der Waals surface area contributed by atoms with Crippen LogP contribution in [0, 0.1) is 11.8 Å². The molecule has 0 radical (unpaired) electrons. The average Bonchev–Trinajstić information content (AvgIpc) is 2.62. The molecule has 0 aromatic carbocycles. The molecule has 0 aliphatic heterocycles. The van der Waals surface area contributed by atoms with Gasteiger partial charge in [0.15, 0.2) is 0 Å².